The molecular weight excluding hydrogens is 340 g/mol. The molecule has 1 amide bonds. The molecule has 0 fully saturated rings. The molecule has 110 valence electrons. The van der Waals surface area contributed by atoms with Crippen molar-refractivity contribution in [2.24, 2.45) is 0 Å². The van der Waals surface area contributed by atoms with Crippen LogP contribution in [-0.4, -0.2) is 5.91 Å². The minimum Gasteiger partial charge on any atom is -0.346 e. The van der Waals surface area contributed by atoms with Gasteiger partial charge >= 0.3 is 0 Å². The second-order valence-corrected chi connectivity index (χ2v) is 5.67. The molecule has 3 nitrogen and oxygen atoms in total. The number of halogens is 1. The molecule has 0 radical (unpaired) electrons. The van der Waals surface area contributed by atoms with Gasteiger partial charge in [0.05, 0.1) is 17.7 Å². The zero-order valence-electron chi connectivity index (χ0n) is 12.1. The summed E-state index contributed by atoms with van der Waals surface area (Å²) < 4.78 is 0.944. The fourth-order valence-electron chi connectivity index (χ4n) is 1.97. The number of nitriles is 1. The summed E-state index contributed by atoms with van der Waals surface area (Å²) in [6, 6.07) is 16.8. The molecule has 0 aliphatic rings. The van der Waals surface area contributed by atoms with Crippen molar-refractivity contribution < 1.29 is 4.79 Å². The molecule has 2 aromatic carbocycles. The highest BCUT2D eigenvalue weighted by Crippen LogP contribution is 2.17. The molecule has 0 spiro atoms. The van der Waals surface area contributed by atoms with Crippen LogP contribution in [0.15, 0.2) is 59.1 Å². The lowest BCUT2D eigenvalue weighted by molar-refractivity contribution is -0.117. The molecule has 1 N–H and O–H groups in total. The molecule has 2 aromatic rings. The molecular formula is C18H15BrN2O. The van der Waals surface area contributed by atoms with Crippen LogP contribution in [0.25, 0.3) is 6.08 Å². The van der Waals surface area contributed by atoms with E-state index < -0.39 is 0 Å². The Kier molecular flexibility index (Phi) is 5.51. The summed E-state index contributed by atoms with van der Waals surface area (Å²) in [5.41, 5.74) is 2.52. The van der Waals surface area contributed by atoms with Crippen LogP contribution in [0.3, 0.4) is 0 Å². The molecule has 0 heterocycles. The number of hydrogen-bond donors (Lipinski definition) is 1. The predicted molar refractivity (Wildman–Crippen MR) is 90.9 cm³/mol. The molecule has 4 heteroatoms. The van der Waals surface area contributed by atoms with Crippen molar-refractivity contribution in [2.45, 2.75) is 13.0 Å². The van der Waals surface area contributed by atoms with Crippen molar-refractivity contribution in [1.82, 2.24) is 5.32 Å². The van der Waals surface area contributed by atoms with Gasteiger partial charge in [-0.1, -0.05) is 46.3 Å². The van der Waals surface area contributed by atoms with Crippen molar-refractivity contribution in [3.8, 4) is 6.07 Å². The van der Waals surface area contributed by atoms with E-state index in [1.54, 1.807) is 18.2 Å². The van der Waals surface area contributed by atoms with Gasteiger partial charge in [-0.15, -0.1) is 0 Å². The monoisotopic (exact) mass is 354 g/mol. The Morgan fingerprint density at radius 2 is 1.91 bits per heavy atom. The van der Waals surface area contributed by atoms with Crippen LogP contribution in [0.4, 0.5) is 0 Å². The number of nitrogens with one attached hydrogen (secondary N) is 1. The Morgan fingerprint density at radius 1 is 1.23 bits per heavy atom. The zero-order valence-corrected chi connectivity index (χ0v) is 13.7. The fraction of sp³-hybridized carbons (Fsp3) is 0.111. The predicted octanol–water partition coefficient (Wildman–Crippen LogP) is 4.21. The van der Waals surface area contributed by atoms with Gasteiger partial charge in [0.25, 0.3) is 0 Å². The maximum atomic E-state index is 12.0. The molecule has 0 saturated carbocycles. The van der Waals surface area contributed by atoms with E-state index in [-0.39, 0.29) is 11.9 Å². The highest BCUT2D eigenvalue weighted by atomic mass is 79.9. The van der Waals surface area contributed by atoms with Gasteiger partial charge in [0.15, 0.2) is 0 Å². The lowest BCUT2D eigenvalue weighted by Crippen LogP contribution is -2.24. The van der Waals surface area contributed by atoms with E-state index >= 15 is 0 Å². The Balaban J connectivity index is 1.99. The minimum absolute atomic E-state index is 0.121. The highest BCUT2D eigenvalue weighted by Gasteiger charge is 2.07. The van der Waals surface area contributed by atoms with Gasteiger partial charge in [0.1, 0.15) is 0 Å². The van der Waals surface area contributed by atoms with E-state index in [2.05, 4.69) is 27.3 Å². The number of benzene rings is 2. The SMILES string of the molecule is CC(NC(=O)/C=C/c1ccccc1Br)c1ccc(C#N)cc1. The van der Waals surface area contributed by atoms with Crippen LogP contribution < -0.4 is 5.32 Å². The van der Waals surface area contributed by atoms with Crippen LogP contribution in [0, 0.1) is 11.3 Å². The van der Waals surface area contributed by atoms with E-state index in [1.165, 1.54) is 6.08 Å². The van der Waals surface area contributed by atoms with E-state index in [9.17, 15) is 4.79 Å². The van der Waals surface area contributed by atoms with E-state index in [0.29, 0.717) is 5.56 Å². The van der Waals surface area contributed by atoms with E-state index in [0.717, 1.165) is 15.6 Å². The maximum Gasteiger partial charge on any atom is 0.244 e. The molecule has 1 unspecified atom stereocenters. The summed E-state index contributed by atoms with van der Waals surface area (Å²) in [5, 5.41) is 11.7. The second-order valence-electron chi connectivity index (χ2n) is 4.82. The normalized spacial score (nSPS) is 11.9. The van der Waals surface area contributed by atoms with Crippen LogP contribution in [0.1, 0.15) is 29.7 Å². The highest BCUT2D eigenvalue weighted by molar-refractivity contribution is 9.10. The third-order valence-electron chi connectivity index (χ3n) is 3.22. The van der Waals surface area contributed by atoms with Crippen molar-refractivity contribution in [1.29, 1.82) is 5.26 Å². The molecule has 22 heavy (non-hydrogen) atoms. The first-order chi connectivity index (χ1) is 10.6. The summed E-state index contributed by atoms with van der Waals surface area (Å²) in [7, 11) is 0. The summed E-state index contributed by atoms with van der Waals surface area (Å²) in [6.07, 6.45) is 3.28. The third-order valence-corrected chi connectivity index (χ3v) is 3.94. The Morgan fingerprint density at radius 3 is 2.55 bits per heavy atom. The van der Waals surface area contributed by atoms with Gasteiger partial charge in [-0.05, 0) is 42.3 Å². The first kappa shape index (κ1) is 16.0. The summed E-state index contributed by atoms with van der Waals surface area (Å²) in [4.78, 5) is 12.0. The average Bonchev–Trinajstić information content (AvgIpc) is 2.54. The van der Waals surface area contributed by atoms with Gasteiger partial charge < -0.3 is 5.32 Å². The van der Waals surface area contributed by atoms with Crippen LogP contribution in [0.5, 0.6) is 0 Å². The molecule has 2 rings (SSSR count). The van der Waals surface area contributed by atoms with Crippen molar-refractivity contribution in [3.63, 3.8) is 0 Å². The fourth-order valence-corrected chi connectivity index (χ4v) is 2.38. The Bertz CT molecular complexity index is 729. The number of carbonyl (C=O) groups is 1. The van der Waals surface area contributed by atoms with E-state index in [4.69, 9.17) is 5.26 Å². The standard InChI is InChI=1S/C18H15BrN2O/c1-13(15-8-6-14(12-20)7-9-15)21-18(22)11-10-16-4-2-3-5-17(16)19/h2-11,13H,1H3,(H,21,22)/b11-10+. The molecule has 1 atom stereocenters. The smallest absolute Gasteiger partial charge is 0.244 e. The first-order valence-corrected chi connectivity index (χ1v) is 7.62. The average molecular weight is 355 g/mol. The molecule has 0 aliphatic carbocycles. The summed E-state index contributed by atoms with van der Waals surface area (Å²) >= 11 is 3.44. The number of hydrogen-bond acceptors (Lipinski definition) is 2. The van der Waals surface area contributed by atoms with Gasteiger partial charge in [-0.25, -0.2) is 0 Å². The van der Waals surface area contributed by atoms with Crippen molar-refractivity contribution in [3.05, 3.63) is 75.8 Å². The van der Waals surface area contributed by atoms with Crippen molar-refractivity contribution >= 4 is 27.9 Å². The quantitative estimate of drug-likeness (QED) is 0.836. The molecule has 0 bridgehead atoms. The number of rotatable bonds is 4. The number of amides is 1. The topological polar surface area (TPSA) is 52.9 Å². The largest absolute Gasteiger partial charge is 0.346 e. The van der Waals surface area contributed by atoms with Crippen LogP contribution >= 0.6 is 15.9 Å². The minimum atomic E-state index is -0.160. The van der Waals surface area contributed by atoms with Gasteiger partial charge in [0, 0.05) is 10.5 Å². The Hall–Kier alpha value is -2.38. The third kappa shape index (κ3) is 4.31. The summed E-state index contributed by atoms with van der Waals surface area (Å²) in [6.45, 7) is 1.91. The lowest BCUT2D eigenvalue weighted by Gasteiger charge is -2.12. The zero-order chi connectivity index (χ0) is 15.9. The van der Waals surface area contributed by atoms with Gasteiger partial charge in [0.2, 0.25) is 5.91 Å². The second kappa shape index (κ2) is 7.58. The van der Waals surface area contributed by atoms with Gasteiger partial charge in [-0.3, -0.25) is 4.79 Å². The van der Waals surface area contributed by atoms with E-state index in [1.807, 2.05) is 43.3 Å². The van der Waals surface area contributed by atoms with Crippen molar-refractivity contribution in [2.75, 3.05) is 0 Å². The summed E-state index contributed by atoms with van der Waals surface area (Å²) in [5.74, 6) is -0.160. The van der Waals surface area contributed by atoms with Crippen LogP contribution in [-0.2, 0) is 4.79 Å². The number of nitrogens with zero attached hydrogens (tertiary/aromatic N) is 1. The lowest BCUT2D eigenvalue weighted by atomic mass is 10.1. The maximum absolute atomic E-state index is 12.0. The van der Waals surface area contributed by atoms with Crippen LogP contribution in [0.2, 0.25) is 0 Å². The van der Waals surface area contributed by atoms with Gasteiger partial charge in [-0.2, -0.15) is 5.26 Å². The molecule has 0 aliphatic heterocycles. The number of carbonyl (C=O) groups excluding carboxylic acids is 1. The Labute approximate surface area is 138 Å². The first-order valence-electron chi connectivity index (χ1n) is 6.83. The molecule has 0 saturated heterocycles. The molecule has 0 aromatic heterocycles.